The summed E-state index contributed by atoms with van der Waals surface area (Å²) in [7, 11) is 0. The van der Waals surface area contributed by atoms with Gasteiger partial charge in [-0.2, -0.15) is 0 Å². The molecule has 0 radical (unpaired) electrons. The van der Waals surface area contributed by atoms with Gasteiger partial charge in [0.15, 0.2) is 0 Å². The molecule has 0 aliphatic heterocycles. The molecule has 5 N–H and O–H groups in total. The minimum Gasteiger partial charge on any atom is -0.422 e. The quantitative estimate of drug-likeness (QED) is 0.256. The normalized spacial score (nSPS) is 11.6. The molecule has 1 atom stereocenters. The van der Waals surface area contributed by atoms with Crippen molar-refractivity contribution in [1.29, 1.82) is 0 Å². The van der Waals surface area contributed by atoms with E-state index in [1.54, 1.807) is 30.3 Å². The molecule has 1 aromatic rings. The largest absolute Gasteiger partial charge is 0.422 e. The van der Waals surface area contributed by atoms with Gasteiger partial charge in [0.25, 0.3) is 0 Å². The van der Waals surface area contributed by atoms with E-state index >= 15 is 0 Å². The fourth-order valence-electron chi connectivity index (χ4n) is 1.79. The van der Waals surface area contributed by atoms with Gasteiger partial charge in [-0.3, -0.25) is 0 Å². The second kappa shape index (κ2) is 12.3. The van der Waals surface area contributed by atoms with Gasteiger partial charge in [-0.05, 0) is 12.1 Å². The van der Waals surface area contributed by atoms with Crippen molar-refractivity contribution in [2.45, 2.75) is 13.2 Å². The highest BCUT2D eigenvalue weighted by Crippen LogP contribution is 2.04. The van der Waals surface area contributed by atoms with Gasteiger partial charge >= 0.3 is 12.1 Å². The van der Waals surface area contributed by atoms with E-state index in [1.807, 2.05) is 0 Å². The van der Waals surface area contributed by atoms with E-state index in [-0.39, 0.29) is 0 Å². The summed E-state index contributed by atoms with van der Waals surface area (Å²) >= 11 is 0. The van der Waals surface area contributed by atoms with Gasteiger partial charge < -0.3 is 31.2 Å². The van der Waals surface area contributed by atoms with Crippen molar-refractivity contribution < 1.29 is 19.1 Å². The lowest BCUT2D eigenvalue weighted by atomic mass is 10.2. The Bertz CT molecular complexity index is 484. The molecular weight excluding hydrogens is 312 g/mol. The first-order valence-corrected chi connectivity index (χ1v) is 7.95. The molecule has 0 fully saturated rings. The van der Waals surface area contributed by atoms with Gasteiger partial charge in [-0.25, -0.2) is 9.59 Å². The van der Waals surface area contributed by atoms with Gasteiger partial charge in [0, 0.05) is 46.2 Å². The molecule has 0 spiro atoms. The molecule has 8 heteroatoms. The summed E-state index contributed by atoms with van der Waals surface area (Å²) in [6.07, 6.45) is -1.60. The Morgan fingerprint density at radius 3 is 2.29 bits per heavy atom. The SMILES string of the molecule is CC(OC(=O)NCCNCCNCCN)OC(=O)c1ccccc1. The van der Waals surface area contributed by atoms with E-state index in [2.05, 4.69) is 16.0 Å². The van der Waals surface area contributed by atoms with Crippen LogP contribution in [0.5, 0.6) is 0 Å². The van der Waals surface area contributed by atoms with Crippen LogP contribution in [0.1, 0.15) is 17.3 Å². The van der Waals surface area contributed by atoms with E-state index in [0.717, 1.165) is 19.6 Å². The maximum Gasteiger partial charge on any atom is 0.410 e. The number of alkyl carbamates (subject to hydrolysis) is 1. The highest BCUT2D eigenvalue weighted by molar-refractivity contribution is 5.89. The third-order valence-electron chi connectivity index (χ3n) is 2.93. The summed E-state index contributed by atoms with van der Waals surface area (Å²) in [6.45, 7) is 5.50. The zero-order valence-corrected chi connectivity index (χ0v) is 13.9. The smallest absolute Gasteiger partial charge is 0.410 e. The number of nitrogens with two attached hydrogens (primary N) is 1. The Labute approximate surface area is 142 Å². The van der Waals surface area contributed by atoms with Crippen molar-refractivity contribution in [2.24, 2.45) is 5.73 Å². The standard InChI is InChI=1S/C16H26N4O4/c1-13(23-15(21)14-5-3-2-4-6-14)24-16(22)20-12-11-19-10-9-18-8-7-17/h2-6,13,18-19H,7-12,17H2,1H3,(H,20,22). The number of hydrogen-bond acceptors (Lipinski definition) is 7. The fraction of sp³-hybridized carbons (Fsp3) is 0.500. The summed E-state index contributed by atoms with van der Waals surface area (Å²) in [5.74, 6) is -0.539. The summed E-state index contributed by atoms with van der Waals surface area (Å²) in [5.41, 5.74) is 5.75. The summed E-state index contributed by atoms with van der Waals surface area (Å²) < 4.78 is 9.99. The molecule has 0 saturated carbocycles. The number of carbonyl (C=O) groups excluding carboxylic acids is 2. The molecular formula is C16H26N4O4. The molecule has 0 aromatic heterocycles. The number of ether oxygens (including phenoxy) is 2. The fourth-order valence-corrected chi connectivity index (χ4v) is 1.79. The number of hydrogen-bond donors (Lipinski definition) is 4. The highest BCUT2D eigenvalue weighted by Gasteiger charge is 2.14. The van der Waals surface area contributed by atoms with Crippen LogP contribution in [0.15, 0.2) is 30.3 Å². The molecule has 24 heavy (non-hydrogen) atoms. The van der Waals surface area contributed by atoms with Crippen molar-refractivity contribution in [1.82, 2.24) is 16.0 Å². The van der Waals surface area contributed by atoms with Gasteiger partial charge in [0.2, 0.25) is 6.29 Å². The second-order valence-corrected chi connectivity index (χ2v) is 4.96. The number of carbonyl (C=O) groups is 2. The van der Waals surface area contributed by atoms with Crippen LogP contribution in [0, 0.1) is 0 Å². The minimum absolute atomic E-state index is 0.404. The predicted octanol–water partition coefficient (Wildman–Crippen LogP) is 0.0535. The zero-order chi connectivity index (χ0) is 17.6. The molecule has 0 aliphatic rings. The van der Waals surface area contributed by atoms with Crippen LogP contribution in [-0.4, -0.2) is 57.6 Å². The van der Waals surface area contributed by atoms with Crippen LogP contribution in [0.3, 0.4) is 0 Å². The Kier molecular flexibility index (Phi) is 10.2. The maximum absolute atomic E-state index is 11.8. The highest BCUT2D eigenvalue weighted by atomic mass is 16.7. The number of rotatable bonds is 11. The van der Waals surface area contributed by atoms with Gasteiger partial charge in [0.1, 0.15) is 0 Å². The summed E-state index contributed by atoms with van der Waals surface area (Å²) in [4.78, 5) is 23.4. The number of benzene rings is 1. The first kappa shape index (κ1) is 19.9. The average Bonchev–Trinajstić information content (AvgIpc) is 2.58. The second-order valence-electron chi connectivity index (χ2n) is 4.96. The Hall–Kier alpha value is -2.16. The molecule has 134 valence electrons. The van der Waals surface area contributed by atoms with E-state index in [9.17, 15) is 9.59 Å². The van der Waals surface area contributed by atoms with Crippen molar-refractivity contribution in [3.05, 3.63) is 35.9 Å². The number of nitrogens with one attached hydrogen (secondary N) is 3. The molecule has 0 bridgehead atoms. The lowest BCUT2D eigenvalue weighted by Crippen LogP contribution is -2.37. The molecule has 0 heterocycles. The van der Waals surface area contributed by atoms with Crippen molar-refractivity contribution in [3.63, 3.8) is 0 Å². The summed E-state index contributed by atoms with van der Waals surface area (Å²) in [6, 6.07) is 8.51. The van der Waals surface area contributed by atoms with Crippen molar-refractivity contribution in [2.75, 3.05) is 39.3 Å². The minimum atomic E-state index is -0.967. The van der Waals surface area contributed by atoms with Gasteiger partial charge in [-0.15, -0.1) is 0 Å². The lowest BCUT2D eigenvalue weighted by molar-refractivity contribution is -0.0600. The van der Waals surface area contributed by atoms with E-state index in [0.29, 0.717) is 25.2 Å². The van der Waals surface area contributed by atoms with Gasteiger partial charge in [0.05, 0.1) is 5.56 Å². The van der Waals surface area contributed by atoms with Crippen LogP contribution in [0.25, 0.3) is 0 Å². The zero-order valence-electron chi connectivity index (χ0n) is 13.9. The van der Waals surface area contributed by atoms with Crippen LogP contribution < -0.4 is 21.7 Å². The topological polar surface area (TPSA) is 115 Å². The third kappa shape index (κ3) is 9.09. The molecule has 8 nitrogen and oxygen atoms in total. The van der Waals surface area contributed by atoms with Crippen molar-refractivity contribution >= 4 is 12.1 Å². The molecule has 0 saturated heterocycles. The molecule has 0 aliphatic carbocycles. The Morgan fingerprint density at radius 1 is 1.00 bits per heavy atom. The average molecular weight is 338 g/mol. The summed E-state index contributed by atoms with van der Waals surface area (Å²) in [5, 5.41) is 8.87. The predicted molar refractivity (Wildman–Crippen MR) is 90.6 cm³/mol. The molecule has 1 rings (SSSR count). The lowest BCUT2D eigenvalue weighted by Gasteiger charge is -2.14. The Morgan fingerprint density at radius 2 is 1.62 bits per heavy atom. The van der Waals surface area contributed by atoms with Crippen LogP contribution in [0.4, 0.5) is 4.79 Å². The Balaban J connectivity index is 2.08. The third-order valence-corrected chi connectivity index (χ3v) is 2.93. The molecule has 1 unspecified atom stereocenters. The van der Waals surface area contributed by atoms with E-state index in [1.165, 1.54) is 6.92 Å². The maximum atomic E-state index is 11.8. The van der Waals surface area contributed by atoms with E-state index < -0.39 is 18.4 Å². The molecule has 1 aromatic carbocycles. The van der Waals surface area contributed by atoms with Crippen LogP contribution in [0.2, 0.25) is 0 Å². The number of esters is 1. The van der Waals surface area contributed by atoms with Gasteiger partial charge in [-0.1, -0.05) is 18.2 Å². The monoisotopic (exact) mass is 338 g/mol. The first-order chi connectivity index (χ1) is 11.6. The molecule has 1 amide bonds. The number of amides is 1. The van der Waals surface area contributed by atoms with Crippen LogP contribution >= 0.6 is 0 Å². The van der Waals surface area contributed by atoms with E-state index in [4.69, 9.17) is 15.2 Å². The first-order valence-electron chi connectivity index (χ1n) is 7.95. The van der Waals surface area contributed by atoms with Crippen LogP contribution in [-0.2, 0) is 9.47 Å². The van der Waals surface area contributed by atoms with Crippen molar-refractivity contribution in [3.8, 4) is 0 Å².